The van der Waals surface area contributed by atoms with E-state index in [1.165, 1.54) is 0 Å². The topological polar surface area (TPSA) is 59.4 Å². The maximum absolute atomic E-state index is 12.7. The summed E-state index contributed by atoms with van der Waals surface area (Å²) < 4.78 is 7.76. The normalized spacial score (nSPS) is 16.6. The second kappa shape index (κ2) is 7.64. The Hall–Kier alpha value is -2.76. The second-order valence-electron chi connectivity index (χ2n) is 6.93. The van der Waals surface area contributed by atoms with Crippen LogP contribution in [0.1, 0.15) is 30.8 Å². The van der Waals surface area contributed by atoms with Gasteiger partial charge in [-0.25, -0.2) is 4.79 Å². The lowest BCUT2D eigenvalue weighted by atomic mass is 10.2. The molecule has 1 atom stereocenters. The number of amides is 2. The van der Waals surface area contributed by atoms with E-state index in [4.69, 9.17) is 4.74 Å². The molecule has 0 bridgehead atoms. The van der Waals surface area contributed by atoms with Crippen molar-refractivity contribution in [2.24, 2.45) is 0 Å². The van der Waals surface area contributed by atoms with Crippen LogP contribution in [0.3, 0.4) is 0 Å². The highest BCUT2D eigenvalue weighted by atomic mass is 16.5. The average molecular weight is 354 g/mol. The molecule has 1 aromatic heterocycles. The number of ether oxygens (including phenoxy) is 1. The van der Waals surface area contributed by atoms with E-state index in [1.807, 2.05) is 47.7 Å². The van der Waals surface area contributed by atoms with Crippen molar-refractivity contribution >= 4 is 11.7 Å². The van der Waals surface area contributed by atoms with Gasteiger partial charge in [-0.15, -0.1) is 0 Å². The van der Waals surface area contributed by atoms with Crippen molar-refractivity contribution in [2.45, 2.75) is 33.2 Å². The number of urea groups is 1. The summed E-state index contributed by atoms with van der Waals surface area (Å²) in [6.07, 6.45) is 0.906. The van der Waals surface area contributed by atoms with Crippen molar-refractivity contribution in [1.29, 1.82) is 0 Å². The lowest BCUT2D eigenvalue weighted by Gasteiger charge is -2.19. The third kappa shape index (κ3) is 4.07. The van der Waals surface area contributed by atoms with Gasteiger partial charge >= 0.3 is 6.03 Å². The number of anilines is 1. The van der Waals surface area contributed by atoms with Crippen molar-refractivity contribution in [3.63, 3.8) is 0 Å². The number of para-hydroxylation sites is 2. The Morgan fingerprint density at radius 1 is 1.38 bits per heavy atom. The van der Waals surface area contributed by atoms with E-state index >= 15 is 0 Å². The molecule has 6 heteroatoms. The van der Waals surface area contributed by atoms with Gasteiger partial charge in [0.1, 0.15) is 12.4 Å². The summed E-state index contributed by atoms with van der Waals surface area (Å²) in [5.74, 6) is 0.651. The number of nitrogens with zero attached hydrogens (tertiary/aromatic N) is 3. The van der Waals surface area contributed by atoms with Gasteiger partial charge in [-0.2, -0.15) is 5.10 Å². The van der Waals surface area contributed by atoms with Crippen LogP contribution in [-0.4, -0.2) is 40.4 Å². The highest BCUT2D eigenvalue weighted by molar-refractivity contribution is 5.91. The van der Waals surface area contributed by atoms with Crippen LogP contribution in [0.15, 0.2) is 42.5 Å². The molecule has 0 aliphatic carbocycles. The summed E-state index contributed by atoms with van der Waals surface area (Å²) in [6.45, 7) is 11.6. The molecule has 1 aromatic carbocycles. The summed E-state index contributed by atoms with van der Waals surface area (Å²) >= 11 is 0. The summed E-state index contributed by atoms with van der Waals surface area (Å²) in [5, 5.41) is 7.53. The number of nitrogens with one attached hydrogen (secondary N) is 1. The molecule has 1 saturated heterocycles. The van der Waals surface area contributed by atoms with Gasteiger partial charge in [0.05, 0.1) is 17.4 Å². The zero-order valence-electron chi connectivity index (χ0n) is 15.7. The molecule has 1 N–H and O–H groups in total. The van der Waals surface area contributed by atoms with Gasteiger partial charge in [0.2, 0.25) is 0 Å². The summed E-state index contributed by atoms with van der Waals surface area (Å²) in [6, 6.07) is 9.65. The second-order valence-corrected chi connectivity index (χ2v) is 6.93. The van der Waals surface area contributed by atoms with Gasteiger partial charge in [-0.3, -0.25) is 4.68 Å². The standard InChI is InChI=1S/C20H26N4O2/c1-14(2)13-26-19-8-6-5-7-18(19)21-20(25)23-10-9-17(12-23)24-16(4)11-15(3)22-24/h5-8,11,17H,1,9-10,12-13H2,2-4H3,(H,21,25)/t17-/m0/s1. The molecule has 1 aliphatic heterocycles. The molecule has 0 spiro atoms. The molecule has 138 valence electrons. The van der Waals surface area contributed by atoms with E-state index < -0.39 is 0 Å². The van der Waals surface area contributed by atoms with E-state index in [0.29, 0.717) is 31.1 Å². The van der Waals surface area contributed by atoms with Gasteiger partial charge in [0.15, 0.2) is 0 Å². The fourth-order valence-electron chi connectivity index (χ4n) is 3.23. The highest BCUT2D eigenvalue weighted by Gasteiger charge is 2.29. The molecule has 2 heterocycles. The van der Waals surface area contributed by atoms with Crippen molar-refractivity contribution in [3.05, 3.63) is 53.9 Å². The smallest absolute Gasteiger partial charge is 0.322 e. The lowest BCUT2D eigenvalue weighted by molar-refractivity contribution is 0.220. The Kier molecular flexibility index (Phi) is 5.30. The molecule has 2 amide bonds. The maximum Gasteiger partial charge on any atom is 0.322 e. The highest BCUT2D eigenvalue weighted by Crippen LogP contribution is 2.27. The first-order valence-electron chi connectivity index (χ1n) is 8.89. The number of rotatable bonds is 5. The average Bonchev–Trinajstić information content (AvgIpc) is 3.20. The van der Waals surface area contributed by atoms with Gasteiger partial charge in [0.25, 0.3) is 0 Å². The number of hydrogen-bond donors (Lipinski definition) is 1. The number of hydrogen-bond acceptors (Lipinski definition) is 3. The molecular weight excluding hydrogens is 328 g/mol. The van der Waals surface area contributed by atoms with E-state index in [0.717, 1.165) is 23.4 Å². The van der Waals surface area contributed by atoms with Crippen LogP contribution in [0.4, 0.5) is 10.5 Å². The van der Waals surface area contributed by atoms with E-state index in [-0.39, 0.29) is 12.1 Å². The van der Waals surface area contributed by atoms with Crippen molar-refractivity contribution in [3.8, 4) is 5.75 Å². The number of aromatic nitrogens is 2. The number of carbonyl (C=O) groups excluding carboxylic acids is 1. The van der Waals surface area contributed by atoms with Crippen molar-refractivity contribution < 1.29 is 9.53 Å². The first-order chi connectivity index (χ1) is 12.4. The van der Waals surface area contributed by atoms with Crippen molar-refractivity contribution in [1.82, 2.24) is 14.7 Å². The molecular formula is C20H26N4O2. The van der Waals surface area contributed by atoms with Crippen LogP contribution in [0.2, 0.25) is 0 Å². The maximum atomic E-state index is 12.7. The van der Waals surface area contributed by atoms with Crippen molar-refractivity contribution in [2.75, 3.05) is 25.0 Å². The molecule has 0 saturated carbocycles. The Labute approximate surface area is 154 Å². The predicted octanol–water partition coefficient (Wildman–Crippen LogP) is 3.93. The molecule has 0 unspecified atom stereocenters. The zero-order valence-corrected chi connectivity index (χ0v) is 15.7. The first-order valence-corrected chi connectivity index (χ1v) is 8.89. The summed E-state index contributed by atoms with van der Waals surface area (Å²) in [7, 11) is 0. The Bertz CT molecular complexity index is 812. The fourth-order valence-corrected chi connectivity index (χ4v) is 3.23. The lowest BCUT2D eigenvalue weighted by Crippen LogP contribution is -2.33. The minimum absolute atomic E-state index is 0.111. The van der Waals surface area contributed by atoms with Crippen LogP contribution in [0.5, 0.6) is 5.75 Å². The first kappa shape index (κ1) is 18.0. The summed E-state index contributed by atoms with van der Waals surface area (Å²) in [4.78, 5) is 14.5. The van der Waals surface area contributed by atoms with Gasteiger partial charge in [0, 0.05) is 18.8 Å². The van der Waals surface area contributed by atoms with Crippen LogP contribution >= 0.6 is 0 Å². The van der Waals surface area contributed by atoms with Crippen LogP contribution in [0.25, 0.3) is 0 Å². The molecule has 0 radical (unpaired) electrons. The fraction of sp³-hybridized carbons (Fsp3) is 0.400. The monoisotopic (exact) mass is 354 g/mol. The van der Waals surface area contributed by atoms with E-state index in [2.05, 4.69) is 30.0 Å². The molecule has 1 aliphatic rings. The summed E-state index contributed by atoms with van der Waals surface area (Å²) in [5.41, 5.74) is 3.74. The zero-order chi connectivity index (χ0) is 18.7. The SMILES string of the molecule is C=C(C)COc1ccccc1NC(=O)N1CC[C@H](n2nc(C)cc2C)C1. The van der Waals surface area contributed by atoms with Gasteiger partial charge in [-0.05, 0) is 51.0 Å². The molecule has 3 rings (SSSR count). The number of benzene rings is 1. The largest absolute Gasteiger partial charge is 0.487 e. The third-order valence-corrected chi connectivity index (χ3v) is 4.44. The predicted molar refractivity (Wildman–Crippen MR) is 103 cm³/mol. The van der Waals surface area contributed by atoms with Gasteiger partial charge in [-0.1, -0.05) is 18.7 Å². The van der Waals surface area contributed by atoms with Gasteiger partial charge < -0.3 is 15.0 Å². The quantitative estimate of drug-likeness (QED) is 0.828. The minimum atomic E-state index is -0.111. The van der Waals surface area contributed by atoms with Crippen LogP contribution in [-0.2, 0) is 0 Å². The minimum Gasteiger partial charge on any atom is -0.487 e. The number of carbonyl (C=O) groups is 1. The van der Waals surface area contributed by atoms with E-state index in [9.17, 15) is 4.79 Å². The Balaban J connectivity index is 1.64. The van der Waals surface area contributed by atoms with E-state index in [1.54, 1.807) is 0 Å². The number of aryl methyl sites for hydroxylation is 2. The number of likely N-dealkylation sites (tertiary alicyclic amines) is 1. The van der Waals surface area contributed by atoms with Crippen LogP contribution in [0, 0.1) is 13.8 Å². The Morgan fingerprint density at radius 2 is 2.15 bits per heavy atom. The Morgan fingerprint density at radius 3 is 2.85 bits per heavy atom. The molecule has 1 fully saturated rings. The van der Waals surface area contributed by atoms with Crippen LogP contribution < -0.4 is 10.1 Å². The third-order valence-electron chi connectivity index (χ3n) is 4.44. The molecule has 2 aromatic rings. The molecule has 26 heavy (non-hydrogen) atoms. The molecule has 6 nitrogen and oxygen atoms in total.